The molecule has 110 valence electrons. The second kappa shape index (κ2) is 7.60. The molecule has 3 heteroatoms. The lowest BCUT2D eigenvalue weighted by Gasteiger charge is -2.07. The third-order valence-electron chi connectivity index (χ3n) is 3.35. The second-order valence-electron chi connectivity index (χ2n) is 5.35. The maximum Gasteiger partial charge on any atom is 0.234 e. The Morgan fingerprint density at radius 3 is 1.81 bits per heavy atom. The molecule has 0 fully saturated rings. The Labute approximate surface area is 126 Å². The van der Waals surface area contributed by atoms with Crippen molar-refractivity contribution >= 4 is 5.91 Å². The van der Waals surface area contributed by atoms with E-state index in [4.69, 9.17) is 0 Å². The molecule has 0 aromatic heterocycles. The highest BCUT2D eigenvalue weighted by Crippen LogP contribution is 2.03. The van der Waals surface area contributed by atoms with Gasteiger partial charge in [0.1, 0.15) is 0 Å². The summed E-state index contributed by atoms with van der Waals surface area (Å²) in [6, 6.07) is 16.5. The molecule has 0 bridgehead atoms. The lowest BCUT2D eigenvalue weighted by molar-refractivity contribution is -0.120. The Kier molecular flexibility index (Phi) is 5.52. The van der Waals surface area contributed by atoms with Crippen LogP contribution in [0.15, 0.2) is 48.5 Å². The fourth-order valence-corrected chi connectivity index (χ4v) is 2.00. The zero-order valence-electron chi connectivity index (χ0n) is 12.6. The van der Waals surface area contributed by atoms with Crippen molar-refractivity contribution in [3.05, 3.63) is 70.8 Å². The van der Waals surface area contributed by atoms with Crippen molar-refractivity contribution in [1.29, 1.82) is 0 Å². The predicted molar refractivity (Wildman–Crippen MR) is 85.9 cm³/mol. The smallest absolute Gasteiger partial charge is 0.234 e. The van der Waals surface area contributed by atoms with Crippen LogP contribution in [0.2, 0.25) is 0 Å². The molecule has 3 nitrogen and oxygen atoms in total. The molecule has 2 N–H and O–H groups in total. The first kappa shape index (κ1) is 15.3. The quantitative estimate of drug-likeness (QED) is 0.855. The van der Waals surface area contributed by atoms with Crippen LogP contribution < -0.4 is 10.6 Å². The van der Waals surface area contributed by atoms with Gasteiger partial charge >= 0.3 is 0 Å². The SMILES string of the molecule is Cc1ccc(CNCC(=O)NCc2ccc(C)cc2)cc1. The first-order valence-electron chi connectivity index (χ1n) is 7.22. The Balaban J connectivity index is 1.67. The molecule has 0 heterocycles. The first-order valence-corrected chi connectivity index (χ1v) is 7.22. The maximum absolute atomic E-state index is 11.8. The van der Waals surface area contributed by atoms with Crippen LogP contribution in [0.1, 0.15) is 22.3 Å². The molecular weight excluding hydrogens is 260 g/mol. The highest BCUT2D eigenvalue weighted by Gasteiger charge is 2.01. The third-order valence-corrected chi connectivity index (χ3v) is 3.35. The summed E-state index contributed by atoms with van der Waals surface area (Å²) < 4.78 is 0. The van der Waals surface area contributed by atoms with Crippen molar-refractivity contribution in [3.63, 3.8) is 0 Å². The number of rotatable bonds is 6. The monoisotopic (exact) mass is 282 g/mol. The van der Waals surface area contributed by atoms with Gasteiger partial charge in [0, 0.05) is 13.1 Å². The lowest BCUT2D eigenvalue weighted by atomic mass is 10.1. The first-order chi connectivity index (χ1) is 10.1. The van der Waals surface area contributed by atoms with Crippen LogP contribution >= 0.6 is 0 Å². The molecule has 0 unspecified atom stereocenters. The predicted octanol–water partition coefficient (Wildman–Crippen LogP) is 2.71. The van der Waals surface area contributed by atoms with Crippen molar-refractivity contribution < 1.29 is 4.79 Å². The molecule has 0 radical (unpaired) electrons. The molecular formula is C18H22N2O. The highest BCUT2D eigenvalue weighted by molar-refractivity contribution is 5.77. The van der Waals surface area contributed by atoms with Gasteiger partial charge in [-0.05, 0) is 25.0 Å². The number of carbonyl (C=O) groups is 1. The van der Waals surface area contributed by atoms with E-state index < -0.39 is 0 Å². The molecule has 0 atom stereocenters. The van der Waals surface area contributed by atoms with E-state index in [1.165, 1.54) is 16.7 Å². The molecule has 2 rings (SSSR count). The molecule has 0 spiro atoms. The Bertz CT molecular complexity index is 573. The number of benzene rings is 2. The van der Waals surface area contributed by atoms with Crippen molar-refractivity contribution in [2.75, 3.05) is 6.54 Å². The average molecular weight is 282 g/mol. The molecule has 1 amide bonds. The molecule has 21 heavy (non-hydrogen) atoms. The Morgan fingerprint density at radius 2 is 1.29 bits per heavy atom. The second-order valence-corrected chi connectivity index (χ2v) is 5.35. The van der Waals surface area contributed by atoms with Gasteiger partial charge in [0.25, 0.3) is 0 Å². The summed E-state index contributed by atoms with van der Waals surface area (Å²) in [5, 5.41) is 6.07. The van der Waals surface area contributed by atoms with E-state index in [0.29, 0.717) is 19.6 Å². The van der Waals surface area contributed by atoms with E-state index in [2.05, 4.69) is 60.9 Å². The zero-order chi connectivity index (χ0) is 15.1. The number of aryl methyl sites for hydroxylation is 2. The van der Waals surface area contributed by atoms with Gasteiger partial charge in [0.05, 0.1) is 6.54 Å². The zero-order valence-corrected chi connectivity index (χ0v) is 12.6. The number of carbonyl (C=O) groups excluding carboxylic acids is 1. The third kappa shape index (κ3) is 5.40. The van der Waals surface area contributed by atoms with E-state index in [1.807, 2.05) is 12.1 Å². The summed E-state index contributed by atoms with van der Waals surface area (Å²) in [5.74, 6) is 0.0164. The topological polar surface area (TPSA) is 41.1 Å². The number of hydrogen-bond acceptors (Lipinski definition) is 2. The minimum Gasteiger partial charge on any atom is -0.351 e. The Hall–Kier alpha value is -2.13. The van der Waals surface area contributed by atoms with Gasteiger partial charge < -0.3 is 10.6 Å². The summed E-state index contributed by atoms with van der Waals surface area (Å²) in [7, 11) is 0. The number of nitrogens with one attached hydrogen (secondary N) is 2. The molecule has 0 aliphatic carbocycles. The molecule has 2 aromatic rings. The maximum atomic E-state index is 11.8. The van der Waals surface area contributed by atoms with E-state index in [1.54, 1.807) is 0 Å². The van der Waals surface area contributed by atoms with Gasteiger partial charge in [0.2, 0.25) is 5.91 Å². The summed E-state index contributed by atoms with van der Waals surface area (Å²) in [6.07, 6.45) is 0. The molecule has 0 aliphatic heterocycles. The standard InChI is InChI=1S/C18H22N2O/c1-14-3-7-16(8-4-14)11-19-13-18(21)20-12-17-9-5-15(2)6-10-17/h3-10,19H,11-13H2,1-2H3,(H,20,21). The van der Waals surface area contributed by atoms with Crippen LogP contribution in [0, 0.1) is 13.8 Å². The van der Waals surface area contributed by atoms with Crippen molar-refractivity contribution in [2.24, 2.45) is 0 Å². The van der Waals surface area contributed by atoms with Gasteiger partial charge in [-0.15, -0.1) is 0 Å². The van der Waals surface area contributed by atoms with Crippen molar-refractivity contribution in [3.8, 4) is 0 Å². The van der Waals surface area contributed by atoms with Gasteiger partial charge in [0.15, 0.2) is 0 Å². The largest absolute Gasteiger partial charge is 0.351 e. The van der Waals surface area contributed by atoms with Crippen LogP contribution in [-0.2, 0) is 17.9 Å². The minimum atomic E-state index is 0.0164. The van der Waals surface area contributed by atoms with Gasteiger partial charge in [-0.2, -0.15) is 0 Å². The van der Waals surface area contributed by atoms with Crippen LogP contribution in [0.4, 0.5) is 0 Å². The number of hydrogen-bond donors (Lipinski definition) is 2. The minimum absolute atomic E-state index is 0.0164. The molecule has 0 saturated carbocycles. The van der Waals surface area contributed by atoms with E-state index in [0.717, 1.165) is 5.56 Å². The number of amides is 1. The fraction of sp³-hybridized carbons (Fsp3) is 0.278. The molecule has 0 aliphatic rings. The molecule has 0 saturated heterocycles. The van der Waals surface area contributed by atoms with Crippen LogP contribution in [-0.4, -0.2) is 12.5 Å². The van der Waals surface area contributed by atoms with E-state index in [9.17, 15) is 4.79 Å². The van der Waals surface area contributed by atoms with Crippen LogP contribution in [0.3, 0.4) is 0 Å². The van der Waals surface area contributed by atoms with Crippen molar-refractivity contribution in [2.45, 2.75) is 26.9 Å². The molecule has 2 aromatic carbocycles. The Morgan fingerprint density at radius 1 is 0.810 bits per heavy atom. The van der Waals surface area contributed by atoms with Crippen LogP contribution in [0.5, 0.6) is 0 Å². The normalized spacial score (nSPS) is 10.4. The van der Waals surface area contributed by atoms with Gasteiger partial charge in [-0.1, -0.05) is 59.7 Å². The highest BCUT2D eigenvalue weighted by atomic mass is 16.1. The summed E-state index contributed by atoms with van der Waals surface area (Å²) in [4.78, 5) is 11.8. The van der Waals surface area contributed by atoms with E-state index >= 15 is 0 Å². The van der Waals surface area contributed by atoms with Gasteiger partial charge in [-0.3, -0.25) is 4.79 Å². The lowest BCUT2D eigenvalue weighted by Crippen LogP contribution is -2.33. The fourth-order valence-electron chi connectivity index (χ4n) is 2.00. The van der Waals surface area contributed by atoms with Crippen molar-refractivity contribution in [1.82, 2.24) is 10.6 Å². The van der Waals surface area contributed by atoms with Crippen LogP contribution in [0.25, 0.3) is 0 Å². The summed E-state index contributed by atoms with van der Waals surface area (Å²) in [6.45, 7) is 5.73. The van der Waals surface area contributed by atoms with E-state index in [-0.39, 0.29) is 5.91 Å². The van der Waals surface area contributed by atoms with Gasteiger partial charge in [-0.25, -0.2) is 0 Å². The average Bonchev–Trinajstić information content (AvgIpc) is 2.49. The summed E-state index contributed by atoms with van der Waals surface area (Å²) in [5.41, 5.74) is 4.78. The summed E-state index contributed by atoms with van der Waals surface area (Å²) >= 11 is 0.